The molecular weight excluding hydrogens is 192 g/mol. The van der Waals surface area contributed by atoms with Crippen molar-refractivity contribution in [3.8, 4) is 0 Å². The monoisotopic (exact) mass is 208 g/mol. The van der Waals surface area contributed by atoms with Gasteiger partial charge in [0.15, 0.2) is 0 Å². The van der Waals surface area contributed by atoms with E-state index in [1.165, 1.54) is 36.3 Å². The number of thiazole rings is 1. The molecule has 1 aromatic rings. The average Bonchev–Trinajstić information content (AvgIpc) is 3.06. The van der Waals surface area contributed by atoms with Gasteiger partial charge in [-0.2, -0.15) is 0 Å². The molecule has 0 spiro atoms. The molecule has 0 bridgehead atoms. The average molecular weight is 208 g/mol. The summed E-state index contributed by atoms with van der Waals surface area (Å²) < 4.78 is 0. The molecule has 2 fully saturated rings. The Morgan fingerprint density at radius 2 is 2.29 bits per heavy atom. The lowest BCUT2D eigenvalue weighted by Gasteiger charge is -2.19. The molecule has 0 saturated heterocycles. The Balaban J connectivity index is 1.99. The van der Waals surface area contributed by atoms with Crippen LogP contribution in [0.15, 0.2) is 5.51 Å². The molecular formula is C11H16N2S. The normalized spacial score (nSPS) is 26.1. The van der Waals surface area contributed by atoms with E-state index in [1.54, 1.807) is 0 Å². The molecule has 2 nitrogen and oxygen atoms in total. The summed E-state index contributed by atoms with van der Waals surface area (Å²) in [7, 11) is 0. The molecule has 76 valence electrons. The van der Waals surface area contributed by atoms with Crippen LogP contribution in [0.25, 0.3) is 0 Å². The van der Waals surface area contributed by atoms with Crippen LogP contribution < -0.4 is 5.73 Å². The highest BCUT2D eigenvalue weighted by Crippen LogP contribution is 2.56. The lowest BCUT2D eigenvalue weighted by Crippen LogP contribution is -2.31. The molecule has 2 aliphatic rings. The summed E-state index contributed by atoms with van der Waals surface area (Å²) in [5.74, 6) is 0.771. The number of nitrogens with zero attached hydrogens (tertiary/aromatic N) is 1. The summed E-state index contributed by atoms with van der Waals surface area (Å²) in [6.45, 7) is 2.14. The highest BCUT2D eigenvalue weighted by molar-refractivity contribution is 7.10. The Morgan fingerprint density at radius 3 is 2.79 bits per heavy atom. The second-order valence-electron chi connectivity index (χ2n) is 4.79. The van der Waals surface area contributed by atoms with Crippen LogP contribution in [0.4, 0.5) is 0 Å². The Morgan fingerprint density at radius 1 is 1.57 bits per heavy atom. The van der Waals surface area contributed by atoms with Gasteiger partial charge in [-0.25, -0.2) is 4.98 Å². The molecule has 0 aromatic carbocycles. The van der Waals surface area contributed by atoms with Gasteiger partial charge in [0, 0.05) is 22.3 Å². The van der Waals surface area contributed by atoms with E-state index in [2.05, 4.69) is 11.9 Å². The molecule has 3 heteroatoms. The van der Waals surface area contributed by atoms with Crippen LogP contribution in [0.1, 0.15) is 49.1 Å². The van der Waals surface area contributed by atoms with Crippen molar-refractivity contribution >= 4 is 11.3 Å². The topological polar surface area (TPSA) is 38.9 Å². The molecule has 3 rings (SSSR count). The van der Waals surface area contributed by atoms with Crippen molar-refractivity contribution in [3.05, 3.63) is 16.1 Å². The maximum atomic E-state index is 6.09. The molecule has 1 atom stereocenters. The standard InChI is InChI=1S/C11H16N2S/c1-7(12)11(4-5-11)10-9(8-2-3-8)13-6-14-10/h6-8H,2-5,12H2,1H3. The fraction of sp³-hybridized carbons (Fsp3) is 0.727. The molecule has 2 N–H and O–H groups in total. The third-order valence-corrected chi connectivity index (χ3v) is 4.73. The van der Waals surface area contributed by atoms with E-state index in [4.69, 9.17) is 5.73 Å². The third kappa shape index (κ3) is 1.15. The second kappa shape index (κ2) is 2.80. The number of aromatic nitrogens is 1. The minimum Gasteiger partial charge on any atom is -0.327 e. The highest BCUT2D eigenvalue weighted by atomic mass is 32.1. The van der Waals surface area contributed by atoms with Crippen molar-refractivity contribution in [1.82, 2.24) is 4.98 Å². The Hall–Kier alpha value is -0.410. The SMILES string of the molecule is CC(N)C1(c2scnc2C2CC2)CC1. The van der Waals surface area contributed by atoms with Gasteiger partial charge in [-0.05, 0) is 32.6 Å². The summed E-state index contributed by atoms with van der Waals surface area (Å²) in [5.41, 5.74) is 9.80. The molecule has 0 radical (unpaired) electrons. The molecule has 0 aliphatic heterocycles. The van der Waals surface area contributed by atoms with Crippen LogP contribution in [0.3, 0.4) is 0 Å². The van der Waals surface area contributed by atoms with E-state index in [0.29, 0.717) is 11.5 Å². The predicted molar refractivity (Wildman–Crippen MR) is 58.7 cm³/mol. The van der Waals surface area contributed by atoms with Gasteiger partial charge in [0.1, 0.15) is 0 Å². The van der Waals surface area contributed by atoms with E-state index in [1.807, 2.05) is 16.8 Å². The lowest BCUT2D eigenvalue weighted by atomic mass is 9.94. The zero-order valence-electron chi connectivity index (χ0n) is 8.49. The molecule has 14 heavy (non-hydrogen) atoms. The fourth-order valence-corrected chi connectivity index (χ4v) is 3.54. The maximum absolute atomic E-state index is 6.09. The molecule has 1 heterocycles. The van der Waals surface area contributed by atoms with Gasteiger partial charge >= 0.3 is 0 Å². The minimum atomic E-state index is 0.292. The van der Waals surface area contributed by atoms with Gasteiger partial charge in [0.2, 0.25) is 0 Å². The first kappa shape index (κ1) is 8.86. The van der Waals surface area contributed by atoms with E-state index in [-0.39, 0.29) is 0 Å². The van der Waals surface area contributed by atoms with Crippen LogP contribution in [-0.4, -0.2) is 11.0 Å². The smallest absolute Gasteiger partial charge is 0.0798 e. The zero-order chi connectivity index (χ0) is 9.76. The number of rotatable bonds is 3. The van der Waals surface area contributed by atoms with Gasteiger partial charge in [-0.1, -0.05) is 0 Å². The quantitative estimate of drug-likeness (QED) is 0.828. The first-order chi connectivity index (χ1) is 6.74. The van der Waals surface area contributed by atoms with Crippen LogP contribution in [0, 0.1) is 0 Å². The van der Waals surface area contributed by atoms with Gasteiger partial charge < -0.3 is 5.73 Å². The molecule has 2 saturated carbocycles. The number of hydrogen-bond acceptors (Lipinski definition) is 3. The molecule has 0 amide bonds. The van der Waals surface area contributed by atoms with Crippen molar-refractivity contribution in [2.45, 2.75) is 50.0 Å². The van der Waals surface area contributed by atoms with E-state index in [0.717, 1.165) is 5.92 Å². The predicted octanol–water partition coefficient (Wildman–Crippen LogP) is 2.40. The van der Waals surface area contributed by atoms with Gasteiger partial charge in [-0.3, -0.25) is 0 Å². The van der Waals surface area contributed by atoms with Crippen molar-refractivity contribution in [2.24, 2.45) is 5.73 Å². The molecule has 1 aromatic heterocycles. The summed E-state index contributed by atoms with van der Waals surface area (Å²) >= 11 is 1.82. The Bertz CT molecular complexity index is 348. The van der Waals surface area contributed by atoms with Gasteiger partial charge in [0.05, 0.1) is 11.2 Å². The number of hydrogen-bond donors (Lipinski definition) is 1. The first-order valence-electron chi connectivity index (χ1n) is 5.43. The van der Waals surface area contributed by atoms with Crippen LogP contribution in [-0.2, 0) is 5.41 Å². The summed E-state index contributed by atoms with van der Waals surface area (Å²) in [5, 5.41) is 0. The van der Waals surface area contributed by atoms with Crippen LogP contribution in [0.5, 0.6) is 0 Å². The molecule has 2 aliphatic carbocycles. The van der Waals surface area contributed by atoms with Crippen molar-refractivity contribution in [1.29, 1.82) is 0 Å². The van der Waals surface area contributed by atoms with E-state index >= 15 is 0 Å². The van der Waals surface area contributed by atoms with E-state index < -0.39 is 0 Å². The summed E-state index contributed by atoms with van der Waals surface area (Å²) in [6, 6.07) is 0.292. The van der Waals surface area contributed by atoms with E-state index in [9.17, 15) is 0 Å². The Kier molecular flexibility index (Phi) is 1.77. The minimum absolute atomic E-state index is 0.292. The summed E-state index contributed by atoms with van der Waals surface area (Å²) in [4.78, 5) is 6.04. The highest BCUT2D eigenvalue weighted by Gasteiger charge is 2.51. The zero-order valence-corrected chi connectivity index (χ0v) is 9.31. The van der Waals surface area contributed by atoms with Gasteiger partial charge in [-0.15, -0.1) is 11.3 Å². The van der Waals surface area contributed by atoms with Crippen molar-refractivity contribution in [3.63, 3.8) is 0 Å². The fourth-order valence-electron chi connectivity index (χ4n) is 2.30. The largest absolute Gasteiger partial charge is 0.327 e. The summed E-state index contributed by atoms with van der Waals surface area (Å²) in [6.07, 6.45) is 5.22. The van der Waals surface area contributed by atoms with Crippen molar-refractivity contribution < 1.29 is 0 Å². The molecule has 1 unspecified atom stereocenters. The number of nitrogens with two attached hydrogens (primary N) is 1. The first-order valence-corrected chi connectivity index (χ1v) is 6.31. The lowest BCUT2D eigenvalue weighted by molar-refractivity contribution is 0.560. The van der Waals surface area contributed by atoms with Crippen molar-refractivity contribution in [2.75, 3.05) is 0 Å². The Labute approximate surface area is 88.5 Å². The van der Waals surface area contributed by atoms with Crippen LogP contribution in [0.2, 0.25) is 0 Å². The maximum Gasteiger partial charge on any atom is 0.0798 e. The van der Waals surface area contributed by atoms with Crippen LogP contribution >= 0.6 is 11.3 Å². The second-order valence-corrected chi connectivity index (χ2v) is 5.64. The van der Waals surface area contributed by atoms with Gasteiger partial charge in [0.25, 0.3) is 0 Å². The third-order valence-electron chi connectivity index (χ3n) is 3.67.